The van der Waals surface area contributed by atoms with Crippen molar-refractivity contribution < 1.29 is 9.90 Å². The zero-order chi connectivity index (χ0) is 3.58. The van der Waals surface area contributed by atoms with E-state index in [9.17, 15) is 0 Å². The Balaban J connectivity index is -0.0000000450. The van der Waals surface area contributed by atoms with E-state index in [0.29, 0.717) is 0 Å². The van der Waals surface area contributed by atoms with Crippen molar-refractivity contribution >= 4 is 87.3 Å². The van der Waals surface area contributed by atoms with Gasteiger partial charge in [0.1, 0.15) is 0 Å². The van der Waals surface area contributed by atoms with Crippen LogP contribution in [0.2, 0.25) is 0 Å². The number of halogens is 1. The van der Waals surface area contributed by atoms with Crippen LogP contribution in [0.5, 0.6) is 0 Å². The molecule has 0 aliphatic heterocycles. The van der Waals surface area contributed by atoms with Crippen LogP contribution >= 0.6 is 12.4 Å². The topological polar surface area (TPSA) is 37.3 Å². The summed E-state index contributed by atoms with van der Waals surface area (Å²) in [6, 6.07) is 0. The van der Waals surface area contributed by atoms with Gasteiger partial charge in [-0.05, 0) is 0 Å². The van der Waals surface area contributed by atoms with Crippen molar-refractivity contribution in [2.75, 3.05) is 0 Å². The van der Waals surface area contributed by atoms with Crippen LogP contribution in [-0.2, 0) is 4.79 Å². The summed E-state index contributed by atoms with van der Waals surface area (Å²) < 4.78 is 0. The minimum atomic E-state index is -0.833. The molecule has 4 heteroatoms. The molecule has 0 rings (SSSR count). The molecule has 1 N–H and O–H groups in total. The molecule has 34 valence electrons. The summed E-state index contributed by atoms with van der Waals surface area (Å²) in [7, 11) is 0. The standard InChI is InChI=1S/C2H4O2.ClH.Cs.H/c1-2(3)4;;;/h1H3,(H,3,4);1H;;. The molecule has 0 aromatic rings. The van der Waals surface area contributed by atoms with Crippen LogP contribution in [0, 0.1) is 0 Å². The van der Waals surface area contributed by atoms with Crippen LogP contribution in [0.1, 0.15) is 6.92 Å². The van der Waals surface area contributed by atoms with E-state index < -0.39 is 5.97 Å². The fourth-order valence-corrected chi connectivity index (χ4v) is 0. The third kappa shape index (κ3) is 41.0. The van der Waals surface area contributed by atoms with Crippen LogP contribution in [0.25, 0.3) is 0 Å². The summed E-state index contributed by atoms with van der Waals surface area (Å²) in [6.45, 7) is 1.08. The van der Waals surface area contributed by atoms with Crippen molar-refractivity contribution in [1.29, 1.82) is 0 Å². The van der Waals surface area contributed by atoms with Gasteiger partial charge in [-0.15, -0.1) is 12.4 Å². The van der Waals surface area contributed by atoms with Gasteiger partial charge in [0.05, 0.1) is 0 Å². The average molecular weight is 230 g/mol. The van der Waals surface area contributed by atoms with Gasteiger partial charge in [-0.25, -0.2) is 0 Å². The Labute approximate surface area is 102 Å². The van der Waals surface area contributed by atoms with Gasteiger partial charge in [0.15, 0.2) is 0 Å². The number of carbonyl (C=O) groups is 1. The van der Waals surface area contributed by atoms with E-state index in [-0.39, 0.29) is 81.3 Å². The molecule has 0 aliphatic carbocycles. The Morgan fingerprint density at radius 1 is 1.67 bits per heavy atom. The van der Waals surface area contributed by atoms with E-state index >= 15 is 0 Å². The molecule has 0 radical (unpaired) electrons. The fraction of sp³-hybridized carbons (Fsp3) is 0.500. The summed E-state index contributed by atoms with van der Waals surface area (Å²) in [6.07, 6.45) is 0. The molecule has 0 aromatic heterocycles. The summed E-state index contributed by atoms with van der Waals surface area (Å²) in [5.74, 6) is -0.833. The Bertz CT molecular complexity index is 34.5. The zero-order valence-electron chi connectivity index (χ0n) is 2.76. The first-order valence-electron chi connectivity index (χ1n) is 0.928. The van der Waals surface area contributed by atoms with E-state index in [4.69, 9.17) is 9.90 Å². The molecule has 0 atom stereocenters. The summed E-state index contributed by atoms with van der Waals surface area (Å²) in [4.78, 5) is 9.00. The summed E-state index contributed by atoms with van der Waals surface area (Å²) in [5.41, 5.74) is 0. The molecule has 0 bridgehead atoms. The molecule has 6 heavy (non-hydrogen) atoms. The van der Waals surface area contributed by atoms with E-state index in [1.54, 1.807) is 0 Å². The molecule has 0 fully saturated rings. The van der Waals surface area contributed by atoms with E-state index in [1.165, 1.54) is 0 Å². The number of aliphatic carboxylic acids is 1. The molecule has 2 nitrogen and oxygen atoms in total. The maximum absolute atomic E-state index is 9.00. The monoisotopic (exact) mass is 230 g/mol. The van der Waals surface area contributed by atoms with Crippen molar-refractivity contribution in [2.45, 2.75) is 6.92 Å². The number of carboxylic acid groups (broad SMARTS) is 1. The van der Waals surface area contributed by atoms with Gasteiger partial charge < -0.3 is 5.11 Å². The molecular weight excluding hydrogens is 224 g/mol. The molecule has 0 unspecified atom stereocenters. The average Bonchev–Trinajstić information content (AvgIpc) is 0.811. The minimum absolute atomic E-state index is 0. The number of hydrogen-bond donors (Lipinski definition) is 1. The second kappa shape index (κ2) is 9.94. The van der Waals surface area contributed by atoms with Gasteiger partial charge in [-0.3, -0.25) is 4.79 Å². The van der Waals surface area contributed by atoms with Crippen molar-refractivity contribution in [3.63, 3.8) is 0 Å². The van der Waals surface area contributed by atoms with Crippen molar-refractivity contribution in [1.82, 2.24) is 0 Å². The Kier molecular flexibility index (Phi) is 25.9. The first-order valence-corrected chi connectivity index (χ1v) is 0.928. The van der Waals surface area contributed by atoms with Crippen LogP contribution in [0.4, 0.5) is 0 Å². The molecule has 0 heterocycles. The number of rotatable bonds is 0. The van der Waals surface area contributed by atoms with Gasteiger partial charge in [-0.1, -0.05) is 0 Å². The quantitative estimate of drug-likeness (QED) is 0.629. The van der Waals surface area contributed by atoms with Gasteiger partial charge in [0, 0.05) is 6.92 Å². The maximum atomic E-state index is 9.00. The number of hydrogen-bond acceptors (Lipinski definition) is 1. The SMILES string of the molecule is CC(=O)O.Cl.[CsH]. The van der Waals surface area contributed by atoms with Crippen LogP contribution in [0.15, 0.2) is 0 Å². The molecule has 0 saturated carbocycles. The third-order valence-corrected chi connectivity index (χ3v) is 0. The van der Waals surface area contributed by atoms with Crippen molar-refractivity contribution in [2.24, 2.45) is 0 Å². The van der Waals surface area contributed by atoms with Crippen LogP contribution in [-0.4, -0.2) is 80.0 Å². The fourth-order valence-electron chi connectivity index (χ4n) is 0. The van der Waals surface area contributed by atoms with Crippen LogP contribution in [0.3, 0.4) is 0 Å². The Morgan fingerprint density at radius 2 is 1.67 bits per heavy atom. The molecular formula is C2H6ClCsO2. The first kappa shape index (κ1) is 15.7. The van der Waals surface area contributed by atoms with Gasteiger partial charge in [0.25, 0.3) is 5.97 Å². The zero-order valence-corrected chi connectivity index (χ0v) is 3.58. The summed E-state index contributed by atoms with van der Waals surface area (Å²) in [5, 5.41) is 7.42. The predicted molar refractivity (Wildman–Crippen MR) is 27.7 cm³/mol. The normalized spacial score (nSPS) is 4.17. The van der Waals surface area contributed by atoms with Gasteiger partial charge in [0.2, 0.25) is 0 Å². The Morgan fingerprint density at radius 3 is 1.67 bits per heavy atom. The second-order valence-corrected chi connectivity index (χ2v) is 0.519. The molecule has 0 spiro atoms. The Hall–Kier alpha value is 1.81. The number of carboxylic acids is 1. The predicted octanol–water partition coefficient (Wildman–Crippen LogP) is -0.136. The second-order valence-electron chi connectivity index (χ2n) is 0.519. The molecule has 0 aliphatic rings. The van der Waals surface area contributed by atoms with Crippen molar-refractivity contribution in [3.8, 4) is 0 Å². The van der Waals surface area contributed by atoms with Gasteiger partial charge in [-0.2, -0.15) is 0 Å². The van der Waals surface area contributed by atoms with Gasteiger partial charge >= 0.3 is 68.9 Å². The summed E-state index contributed by atoms with van der Waals surface area (Å²) >= 11 is 0. The first-order chi connectivity index (χ1) is 1.73. The van der Waals surface area contributed by atoms with E-state index in [0.717, 1.165) is 6.92 Å². The third-order valence-electron chi connectivity index (χ3n) is 0. The molecule has 0 saturated heterocycles. The van der Waals surface area contributed by atoms with Crippen molar-refractivity contribution in [3.05, 3.63) is 0 Å². The van der Waals surface area contributed by atoms with E-state index in [2.05, 4.69) is 0 Å². The molecule has 0 aromatic carbocycles. The molecule has 0 amide bonds. The van der Waals surface area contributed by atoms with E-state index in [1.807, 2.05) is 0 Å². The van der Waals surface area contributed by atoms with Crippen LogP contribution < -0.4 is 0 Å².